The van der Waals surface area contributed by atoms with Crippen molar-refractivity contribution in [3.63, 3.8) is 0 Å². The van der Waals surface area contributed by atoms with Crippen molar-refractivity contribution in [1.29, 1.82) is 0 Å². The Morgan fingerprint density at radius 2 is 1.92 bits per heavy atom. The molecule has 0 unspecified atom stereocenters. The van der Waals surface area contributed by atoms with Gasteiger partial charge >= 0.3 is 0 Å². The highest BCUT2D eigenvalue weighted by Crippen LogP contribution is 2.29. The van der Waals surface area contributed by atoms with Gasteiger partial charge in [0.2, 0.25) is 0 Å². The quantitative estimate of drug-likeness (QED) is 0.437. The van der Waals surface area contributed by atoms with Gasteiger partial charge in [0, 0.05) is 34.3 Å². The van der Waals surface area contributed by atoms with E-state index in [1.807, 2.05) is 55.5 Å². The summed E-state index contributed by atoms with van der Waals surface area (Å²) in [6, 6.07) is 15.6. The zero-order valence-corrected chi connectivity index (χ0v) is 14.4. The molecule has 0 fully saturated rings. The minimum atomic E-state index is -0.154. The first-order valence-corrected chi connectivity index (χ1v) is 8.41. The number of anilines is 1. The van der Waals surface area contributed by atoms with Crippen LogP contribution in [0.2, 0.25) is 0 Å². The average molecular weight is 342 g/mol. The summed E-state index contributed by atoms with van der Waals surface area (Å²) in [6.07, 6.45) is 3.41. The highest BCUT2D eigenvalue weighted by Gasteiger charge is 2.32. The molecule has 3 aromatic rings. The van der Waals surface area contributed by atoms with Gasteiger partial charge in [0.15, 0.2) is 5.71 Å². The molecule has 0 radical (unpaired) electrons. The molecule has 26 heavy (non-hydrogen) atoms. The zero-order chi connectivity index (χ0) is 18.1. The minimum Gasteiger partial charge on any atom is -0.358 e. The Morgan fingerprint density at radius 3 is 2.77 bits per heavy atom. The zero-order valence-electron chi connectivity index (χ0n) is 14.4. The summed E-state index contributed by atoms with van der Waals surface area (Å²) in [5, 5.41) is 9.55. The van der Waals surface area contributed by atoms with E-state index in [9.17, 15) is 4.79 Å². The number of aryl methyl sites for hydroxylation is 1. The summed E-state index contributed by atoms with van der Waals surface area (Å²) in [5.41, 5.74) is 5.05. The third-order valence-corrected chi connectivity index (χ3v) is 4.50. The number of hydrogen-bond donors (Lipinski definition) is 1. The van der Waals surface area contributed by atoms with Crippen molar-refractivity contribution < 1.29 is 4.79 Å². The highest BCUT2D eigenvalue weighted by molar-refractivity contribution is 6.54. The number of para-hydroxylation sites is 2. The molecule has 2 aromatic carbocycles. The van der Waals surface area contributed by atoms with Crippen LogP contribution in [0.5, 0.6) is 0 Å². The Bertz CT molecular complexity index is 1070. The molecule has 0 saturated heterocycles. The van der Waals surface area contributed by atoms with E-state index in [2.05, 4.69) is 21.8 Å². The summed E-state index contributed by atoms with van der Waals surface area (Å²) in [7, 11) is 0. The monoisotopic (exact) mass is 342 g/mol. The number of hydrogen-bond acceptors (Lipinski definition) is 3. The van der Waals surface area contributed by atoms with Gasteiger partial charge in [-0.25, -0.2) is 0 Å². The Balaban J connectivity index is 1.72. The van der Waals surface area contributed by atoms with Crippen LogP contribution in [0, 0.1) is 6.92 Å². The van der Waals surface area contributed by atoms with E-state index in [1.165, 1.54) is 0 Å². The lowest BCUT2D eigenvalue weighted by molar-refractivity contribution is -0.112. The van der Waals surface area contributed by atoms with Gasteiger partial charge in [0.1, 0.15) is 0 Å². The molecule has 5 heteroatoms. The molecule has 1 aliphatic rings. The molecule has 0 spiro atoms. The van der Waals surface area contributed by atoms with E-state index in [0.717, 1.165) is 33.4 Å². The molecule has 0 saturated carbocycles. The van der Waals surface area contributed by atoms with Gasteiger partial charge in [-0.15, -0.1) is 11.7 Å². The number of aromatic amines is 1. The molecule has 4 rings (SSSR count). The van der Waals surface area contributed by atoms with Crippen LogP contribution in [0.3, 0.4) is 0 Å². The normalized spacial score (nSPS) is 15.3. The van der Waals surface area contributed by atoms with Crippen molar-refractivity contribution in [1.82, 2.24) is 4.98 Å². The SMILES string of the molecule is C=CCN1C(=O)/C(=N\N=C\c2c(C)[nH]c3ccccc23)c2ccccc21. The largest absolute Gasteiger partial charge is 0.358 e. The Morgan fingerprint density at radius 1 is 1.15 bits per heavy atom. The van der Waals surface area contributed by atoms with E-state index in [4.69, 9.17) is 0 Å². The summed E-state index contributed by atoms with van der Waals surface area (Å²) < 4.78 is 0. The number of nitrogens with zero attached hydrogens (tertiary/aromatic N) is 3. The molecule has 1 amide bonds. The van der Waals surface area contributed by atoms with Crippen molar-refractivity contribution in [2.24, 2.45) is 10.2 Å². The molecule has 2 heterocycles. The molecule has 128 valence electrons. The van der Waals surface area contributed by atoms with Crippen LogP contribution in [-0.4, -0.2) is 29.4 Å². The van der Waals surface area contributed by atoms with E-state index >= 15 is 0 Å². The van der Waals surface area contributed by atoms with Gasteiger partial charge in [0.25, 0.3) is 5.91 Å². The lowest BCUT2D eigenvalue weighted by Crippen LogP contribution is -2.30. The van der Waals surface area contributed by atoms with Gasteiger partial charge in [-0.1, -0.05) is 42.5 Å². The number of carbonyl (C=O) groups excluding carboxylic acids is 1. The van der Waals surface area contributed by atoms with Gasteiger partial charge in [-0.05, 0) is 19.1 Å². The van der Waals surface area contributed by atoms with Crippen LogP contribution in [-0.2, 0) is 4.79 Å². The average Bonchev–Trinajstić information content (AvgIpc) is 3.11. The van der Waals surface area contributed by atoms with E-state index in [0.29, 0.717) is 12.3 Å². The first kappa shape index (κ1) is 16.0. The fourth-order valence-corrected chi connectivity index (χ4v) is 3.28. The first-order valence-electron chi connectivity index (χ1n) is 8.41. The number of amides is 1. The maximum Gasteiger partial charge on any atom is 0.279 e. The van der Waals surface area contributed by atoms with Crippen molar-refractivity contribution in [2.75, 3.05) is 11.4 Å². The van der Waals surface area contributed by atoms with Crippen LogP contribution in [0.1, 0.15) is 16.8 Å². The number of nitrogens with one attached hydrogen (secondary N) is 1. The third kappa shape index (κ3) is 2.54. The molecular formula is C21H18N4O. The van der Waals surface area contributed by atoms with E-state index in [1.54, 1.807) is 17.2 Å². The van der Waals surface area contributed by atoms with E-state index in [-0.39, 0.29) is 5.91 Å². The molecule has 1 aliphatic heterocycles. The first-order chi connectivity index (χ1) is 12.7. The van der Waals surface area contributed by atoms with Crippen molar-refractivity contribution in [2.45, 2.75) is 6.92 Å². The molecule has 1 aromatic heterocycles. The topological polar surface area (TPSA) is 60.8 Å². The number of fused-ring (bicyclic) bond motifs is 2. The van der Waals surface area contributed by atoms with Crippen LogP contribution in [0.15, 0.2) is 71.4 Å². The van der Waals surface area contributed by atoms with Gasteiger partial charge in [-0.2, -0.15) is 5.10 Å². The fraction of sp³-hybridized carbons (Fsp3) is 0.0952. The number of rotatable bonds is 4. The van der Waals surface area contributed by atoms with Gasteiger partial charge in [0.05, 0.1) is 11.9 Å². The van der Waals surface area contributed by atoms with Gasteiger partial charge < -0.3 is 9.88 Å². The van der Waals surface area contributed by atoms with Crippen LogP contribution < -0.4 is 4.90 Å². The van der Waals surface area contributed by atoms with Crippen molar-refractivity contribution >= 4 is 34.4 Å². The lowest BCUT2D eigenvalue weighted by Gasteiger charge is -2.13. The Hall–Kier alpha value is -3.47. The Kier molecular flexibility index (Phi) is 3.97. The predicted octanol–water partition coefficient (Wildman–Crippen LogP) is 3.83. The van der Waals surface area contributed by atoms with Crippen LogP contribution >= 0.6 is 0 Å². The summed E-state index contributed by atoms with van der Waals surface area (Å²) >= 11 is 0. The predicted molar refractivity (Wildman–Crippen MR) is 106 cm³/mol. The van der Waals surface area contributed by atoms with Crippen LogP contribution in [0.25, 0.3) is 10.9 Å². The molecule has 5 nitrogen and oxygen atoms in total. The summed E-state index contributed by atoms with van der Waals surface area (Å²) in [4.78, 5) is 17.7. The molecule has 0 aliphatic carbocycles. The second-order valence-corrected chi connectivity index (χ2v) is 6.12. The molecule has 0 bridgehead atoms. The summed E-state index contributed by atoms with van der Waals surface area (Å²) in [6.45, 7) is 6.17. The second-order valence-electron chi connectivity index (χ2n) is 6.12. The van der Waals surface area contributed by atoms with Gasteiger partial charge in [-0.3, -0.25) is 4.79 Å². The van der Waals surface area contributed by atoms with Crippen molar-refractivity contribution in [3.05, 3.63) is 78.0 Å². The smallest absolute Gasteiger partial charge is 0.279 e. The Labute approximate surface area is 151 Å². The van der Waals surface area contributed by atoms with Crippen LogP contribution in [0.4, 0.5) is 5.69 Å². The lowest BCUT2D eigenvalue weighted by atomic mass is 10.1. The standard InChI is InChI=1S/C21H18N4O/c1-3-12-25-19-11-7-5-9-16(19)20(21(25)26)24-22-13-17-14(2)23-18-10-6-4-8-15(17)18/h3-11,13,23H,1,12H2,2H3/b22-13+,24-20-. The molecular weight excluding hydrogens is 324 g/mol. The number of benzene rings is 2. The summed E-state index contributed by atoms with van der Waals surface area (Å²) in [5.74, 6) is -0.154. The number of aromatic nitrogens is 1. The number of carbonyl (C=O) groups is 1. The number of H-pyrrole nitrogens is 1. The highest BCUT2D eigenvalue weighted by atomic mass is 16.2. The second kappa shape index (κ2) is 6.44. The van der Waals surface area contributed by atoms with Crippen molar-refractivity contribution in [3.8, 4) is 0 Å². The van der Waals surface area contributed by atoms with E-state index < -0.39 is 0 Å². The molecule has 0 atom stereocenters. The molecule has 1 N–H and O–H groups in total. The minimum absolute atomic E-state index is 0.154. The maximum atomic E-state index is 12.7. The fourth-order valence-electron chi connectivity index (χ4n) is 3.28. The third-order valence-electron chi connectivity index (χ3n) is 4.50. The maximum absolute atomic E-state index is 12.7.